The Hall–Kier alpha value is -1.57. The van der Waals surface area contributed by atoms with E-state index < -0.39 is 0 Å². The van der Waals surface area contributed by atoms with Gasteiger partial charge >= 0.3 is 0 Å². The zero-order valence-corrected chi connectivity index (χ0v) is 9.36. The molecule has 15 heavy (non-hydrogen) atoms. The van der Waals surface area contributed by atoms with E-state index in [-0.39, 0.29) is 5.91 Å². The molecule has 0 saturated heterocycles. The van der Waals surface area contributed by atoms with Crippen LogP contribution in [0.3, 0.4) is 0 Å². The van der Waals surface area contributed by atoms with E-state index in [1.807, 2.05) is 38.1 Å². The lowest BCUT2D eigenvalue weighted by atomic mass is 10.1. The Labute approximate surface area is 91.2 Å². The number of carbonyl (C=O) groups is 1. The number of anilines is 1. The van der Waals surface area contributed by atoms with Crippen LogP contribution in [0.4, 0.5) is 5.69 Å². The maximum atomic E-state index is 11.7. The highest BCUT2D eigenvalue weighted by Crippen LogP contribution is 2.19. The average Bonchev–Trinajstić information content (AvgIpc) is 2.26. The van der Waals surface area contributed by atoms with E-state index in [1.165, 1.54) is 0 Å². The number of benzene rings is 1. The van der Waals surface area contributed by atoms with Crippen molar-refractivity contribution >= 4 is 11.6 Å². The Kier molecular flexibility index (Phi) is 4.10. The van der Waals surface area contributed by atoms with Gasteiger partial charge < -0.3 is 4.90 Å². The van der Waals surface area contributed by atoms with E-state index in [9.17, 15) is 4.79 Å². The van der Waals surface area contributed by atoms with Gasteiger partial charge in [-0.25, -0.2) is 0 Å². The van der Waals surface area contributed by atoms with Gasteiger partial charge in [0.1, 0.15) is 0 Å². The summed E-state index contributed by atoms with van der Waals surface area (Å²) < 4.78 is 0. The van der Waals surface area contributed by atoms with E-state index in [4.69, 9.17) is 0 Å². The Morgan fingerprint density at radius 1 is 1.47 bits per heavy atom. The summed E-state index contributed by atoms with van der Waals surface area (Å²) in [6.45, 7) is 8.13. The summed E-state index contributed by atoms with van der Waals surface area (Å²) in [6, 6.07) is 7.89. The molecule has 0 saturated carbocycles. The standard InChI is InChI=1S/C13H17NO/c1-4-10-14(13(15)5-2)12-9-7-6-8-11(12)3/h4,6-9H,1,5,10H2,2-3H3. The van der Waals surface area contributed by atoms with Crippen LogP contribution in [0.5, 0.6) is 0 Å². The van der Waals surface area contributed by atoms with Crippen molar-refractivity contribution in [3.63, 3.8) is 0 Å². The van der Waals surface area contributed by atoms with Crippen molar-refractivity contribution in [1.82, 2.24) is 0 Å². The van der Waals surface area contributed by atoms with Crippen LogP contribution in [0.2, 0.25) is 0 Å². The third kappa shape index (κ3) is 2.69. The zero-order chi connectivity index (χ0) is 11.3. The van der Waals surface area contributed by atoms with Crippen LogP contribution in [-0.4, -0.2) is 12.5 Å². The van der Waals surface area contributed by atoms with Crippen LogP contribution in [-0.2, 0) is 4.79 Å². The first-order chi connectivity index (χ1) is 7.20. The molecule has 0 atom stereocenters. The topological polar surface area (TPSA) is 20.3 Å². The van der Waals surface area contributed by atoms with Crippen molar-refractivity contribution in [3.05, 3.63) is 42.5 Å². The summed E-state index contributed by atoms with van der Waals surface area (Å²) in [5.74, 6) is 0.129. The highest BCUT2D eigenvalue weighted by Gasteiger charge is 2.13. The molecule has 0 aromatic heterocycles. The van der Waals surface area contributed by atoms with Gasteiger partial charge in [-0.3, -0.25) is 4.79 Å². The molecule has 0 fully saturated rings. The number of rotatable bonds is 4. The molecule has 1 rings (SSSR count). The summed E-state index contributed by atoms with van der Waals surface area (Å²) >= 11 is 0. The molecule has 2 nitrogen and oxygen atoms in total. The van der Waals surface area contributed by atoms with Gasteiger partial charge in [0, 0.05) is 18.7 Å². The summed E-state index contributed by atoms with van der Waals surface area (Å²) in [7, 11) is 0. The molecule has 80 valence electrons. The maximum Gasteiger partial charge on any atom is 0.227 e. The molecule has 1 aromatic carbocycles. The second-order valence-corrected chi connectivity index (χ2v) is 3.43. The molecule has 2 heteroatoms. The van der Waals surface area contributed by atoms with Crippen molar-refractivity contribution in [2.24, 2.45) is 0 Å². The first-order valence-electron chi connectivity index (χ1n) is 5.17. The predicted molar refractivity (Wildman–Crippen MR) is 64.0 cm³/mol. The first-order valence-corrected chi connectivity index (χ1v) is 5.17. The first kappa shape index (κ1) is 11.5. The van der Waals surface area contributed by atoms with Gasteiger partial charge in [-0.1, -0.05) is 31.2 Å². The van der Waals surface area contributed by atoms with Crippen molar-refractivity contribution < 1.29 is 4.79 Å². The van der Waals surface area contributed by atoms with Crippen LogP contribution in [0.25, 0.3) is 0 Å². The molecule has 0 radical (unpaired) electrons. The average molecular weight is 203 g/mol. The number of hydrogen-bond acceptors (Lipinski definition) is 1. The van der Waals surface area contributed by atoms with Crippen LogP contribution < -0.4 is 4.90 Å². The Morgan fingerprint density at radius 3 is 2.67 bits per heavy atom. The van der Waals surface area contributed by atoms with Gasteiger partial charge in [0.2, 0.25) is 5.91 Å². The molecule has 0 N–H and O–H groups in total. The van der Waals surface area contributed by atoms with Crippen molar-refractivity contribution in [3.8, 4) is 0 Å². The highest BCUT2D eigenvalue weighted by atomic mass is 16.2. The number of hydrogen-bond donors (Lipinski definition) is 0. The van der Waals surface area contributed by atoms with Gasteiger partial charge in [-0.2, -0.15) is 0 Å². The van der Waals surface area contributed by atoms with Crippen LogP contribution in [0.15, 0.2) is 36.9 Å². The number of para-hydroxylation sites is 1. The molecule has 0 heterocycles. The molecular weight excluding hydrogens is 186 g/mol. The fourth-order valence-electron chi connectivity index (χ4n) is 1.52. The van der Waals surface area contributed by atoms with E-state index >= 15 is 0 Å². The molecule has 0 aliphatic heterocycles. The zero-order valence-electron chi connectivity index (χ0n) is 9.36. The van der Waals surface area contributed by atoms with Gasteiger partial charge in [-0.05, 0) is 18.6 Å². The monoisotopic (exact) mass is 203 g/mol. The van der Waals surface area contributed by atoms with E-state index in [0.29, 0.717) is 13.0 Å². The quantitative estimate of drug-likeness (QED) is 0.689. The van der Waals surface area contributed by atoms with E-state index in [1.54, 1.807) is 11.0 Å². The third-order valence-corrected chi connectivity index (χ3v) is 2.32. The Bertz CT molecular complexity index is 357. The lowest BCUT2D eigenvalue weighted by molar-refractivity contribution is -0.118. The largest absolute Gasteiger partial charge is 0.308 e. The lowest BCUT2D eigenvalue weighted by Gasteiger charge is -2.22. The normalized spacial score (nSPS) is 9.73. The molecule has 0 bridgehead atoms. The molecular formula is C13H17NO. The molecule has 1 aromatic rings. The summed E-state index contributed by atoms with van der Waals surface area (Å²) in [5.41, 5.74) is 2.09. The van der Waals surface area contributed by atoms with Gasteiger partial charge in [0.15, 0.2) is 0 Å². The van der Waals surface area contributed by atoms with Crippen molar-refractivity contribution in [2.45, 2.75) is 20.3 Å². The fraction of sp³-hybridized carbons (Fsp3) is 0.308. The molecule has 0 aliphatic rings. The molecule has 0 unspecified atom stereocenters. The minimum atomic E-state index is 0.129. The minimum absolute atomic E-state index is 0.129. The van der Waals surface area contributed by atoms with Crippen molar-refractivity contribution in [2.75, 3.05) is 11.4 Å². The molecule has 1 amide bonds. The number of nitrogens with zero attached hydrogens (tertiary/aromatic N) is 1. The number of carbonyl (C=O) groups excluding carboxylic acids is 1. The fourth-order valence-corrected chi connectivity index (χ4v) is 1.52. The Morgan fingerprint density at radius 2 is 2.13 bits per heavy atom. The number of amides is 1. The van der Waals surface area contributed by atoms with Crippen LogP contribution >= 0.6 is 0 Å². The van der Waals surface area contributed by atoms with Crippen molar-refractivity contribution in [1.29, 1.82) is 0 Å². The third-order valence-electron chi connectivity index (χ3n) is 2.32. The van der Waals surface area contributed by atoms with Crippen LogP contribution in [0, 0.1) is 6.92 Å². The lowest BCUT2D eigenvalue weighted by Crippen LogP contribution is -2.30. The molecule has 0 aliphatic carbocycles. The van der Waals surface area contributed by atoms with E-state index in [0.717, 1.165) is 11.3 Å². The van der Waals surface area contributed by atoms with Gasteiger partial charge in [0.25, 0.3) is 0 Å². The maximum absolute atomic E-state index is 11.7. The van der Waals surface area contributed by atoms with E-state index in [2.05, 4.69) is 6.58 Å². The van der Waals surface area contributed by atoms with Gasteiger partial charge in [-0.15, -0.1) is 6.58 Å². The van der Waals surface area contributed by atoms with Crippen LogP contribution in [0.1, 0.15) is 18.9 Å². The summed E-state index contributed by atoms with van der Waals surface area (Å²) in [5, 5.41) is 0. The molecule has 0 spiro atoms. The minimum Gasteiger partial charge on any atom is -0.308 e. The summed E-state index contributed by atoms with van der Waals surface area (Å²) in [4.78, 5) is 13.5. The predicted octanol–water partition coefficient (Wildman–Crippen LogP) is 2.92. The second kappa shape index (κ2) is 5.35. The summed E-state index contributed by atoms with van der Waals surface area (Å²) in [6.07, 6.45) is 2.27. The SMILES string of the molecule is C=CCN(C(=O)CC)c1ccccc1C. The highest BCUT2D eigenvalue weighted by molar-refractivity contribution is 5.94. The Balaban J connectivity index is 3.03. The second-order valence-electron chi connectivity index (χ2n) is 3.43. The van der Waals surface area contributed by atoms with Gasteiger partial charge in [0.05, 0.1) is 0 Å². The smallest absolute Gasteiger partial charge is 0.227 e. The number of aryl methyl sites for hydroxylation is 1.